The van der Waals surface area contributed by atoms with Crippen molar-refractivity contribution in [2.75, 3.05) is 19.8 Å². The summed E-state index contributed by atoms with van der Waals surface area (Å²) in [6, 6.07) is 14.3. The number of hydrogen-bond acceptors (Lipinski definition) is 5. The molecule has 0 saturated heterocycles. The molecular formula is C24H37N3O3. The van der Waals surface area contributed by atoms with Gasteiger partial charge in [-0.1, -0.05) is 48.9 Å². The van der Waals surface area contributed by atoms with E-state index in [1.807, 2.05) is 43.9 Å². The Morgan fingerprint density at radius 1 is 1.03 bits per heavy atom. The Morgan fingerprint density at radius 2 is 1.73 bits per heavy atom. The first-order chi connectivity index (χ1) is 14.6. The predicted octanol–water partition coefficient (Wildman–Crippen LogP) is 3.98. The first-order valence-electron chi connectivity index (χ1n) is 11.0. The van der Waals surface area contributed by atoms with Crippen molar-refractivity contribution in [3.05, 3.63) is 48.0 Å². The van der Waals surface area contributed by atoms with Gasteiger partial charge in [0, 0.05) is 32.7 Å². The molecule has 0 radical (unpaired) electrons. The number of fused-ring (bicyclic) bond motifs is 1. The van der Waals surface area contributed by atoms with Crippen LogP contribution in [0.2, 0.25) is 0 Å². The standard InChI is InChI=1S/C24H37N3O3/c1-4-29-24(30-5-2)19(3)27(23(28)16-7-6-10-17-26-25)18-21-14-11-13-20-12-8-9-15-22(20)21/h8-9,11-15,19,24,26H,4-7,10,16-18,25H2,1-3H3/t19-/m0/s1. The minimum Gasteiger partial charge on any atom is -0.351 e. The zero-order valence-corrected chi connectivity index (χ0v) is 18.6. The topological polar surface area (TPSA) is 76.8 Å². The number of amides is 1. The lowest BCUT2D eigenvalue weighted by Crippen LogP contribution is -2.47. The average molecular weight is 416 g/mol. The second kappa shape index (κ2) is 13.3. The van der Waals surface area contributed by atoms with Crippen molar-refractivity contribution in [3.63, 3.8) is 0 Å². The van der Waals surface area contributed by atoms with Crippen LogP contribution in [0.15, 0.2) is 42.5 Å². The Morgan fingerprint density at radius 3 is 2.43 bits per heavy atom. The fourth-order valence-corrected chi connectivity index (χ4v) is 3.70. The largest absolute Gasteiger partial charge is 0.351 e. The van der Waals surface area contributed by atoms with E-state index in [9.17, 15) is 4.79 Å². The van der Waals surface area contributed by atoms with E-state index >= 15 is 0 Å². The molecule has 0 bridgehead atoms. The fourth-order valence-electron chi connectivity index (χ4n) is 3.70. The Hall–Kier alpha value is -1.99. The molecule has 6 heteroatoms. The predicted molar refractivity (Wildman–Crippen MR) is 122 cm³/mol. The minimum atomic E-state index is -0.444. The van der Waals surface area contributed by atoms with E-state index in [4.69, 9.17) is 15.3 Å². The molecule has 3 N–H and O–H groups in total. The number of hydrazine groups is 1. The van der Waals surface area contributed by atoms with Gasteiger partial charge in [-0.3, -0.25) is 16.1 Å². The maximum Gasteiger partial charge on any atom is 0.223 e. The molecule has 30 heavy (non-hydrogen) atoms. The van der Waals surface area contributed by atoms with Crippen molar-refractivity contribution in [3.8, 4) is 0 Å². The lowest BCUT2D eigenvalue weighted by Gasteiger charge is -2.34. The summed E-state index contributed by atoms with van der Waals surface area (Å²) >= 11 is 0. The van der Waals surface area contributed by atoms with Crippen molar-refractivity contribution in [2.24, 2.45) is 5.84 Å². The van der Waals surface area contributed by atoms with Gasteiger partial charge in [0.1, 0.15) is 0 Å². The number of carbonyl (C=O) groups is 1. The first kappa shape index (κ1) is 24.3. The molecule has 0 aromatic heterocycles. The molecule has 2 rings (SSSR count). The molecule has 2 aromatic rings. The van der Waals surface area contributed by atoms with Gasteiger partial charge in [-0.15, -0.1) is 0 Å². The van der Waals surface area contributed by atoms with E-state index < -0.39 is 6.29 Å². The highest BCUT2D eigenvalue weighted by atomic mass is 16.7. The van der Waals surface area contributed by atoms with Crippen LogP contribution in [0.25, 0.3) is 10.8 Å². The van der Waals surface area contributed by atoms with Crippen LogP contribution in [0.3, 0.4) is 0 Å². The normalized spacial score (nSPS) is 12.4. The second-order valence-electron chi connectivity index (χ2n) is 7.44. The van der Waals surface area contributed by atoms with Crippen LogP contribution in [0.4, 0.5) is 0 Å². The monoisotopic (exact) mass is 415 g/mol. The molecule has 0 spiro atoms. The second-order valence-corrected chi connectivity index (χ2v) is 7.44. The van der Waals surface area contributed by atoms with Gasteiger partial charge in [-0.05, 0) is 49.9 Å². The number of nitrogens with zero attached hydrogens (tertiary/aromatic N) is 1. The molecule has 1 atom stereocenters. The summed E-state index contributed by atoms with van der Waals surface area (Å²) < 4.78 is 11.6. The van der Waals surface area contributed by atoms with Crippen LogP contribution in [0, 0.1) is 0 Å². The van der Waals surface area contributed by atoms with Crippen molar-refractivity contribution in [2.45, 2.75) is 65.3 Å². The summed E-state index contributed by atoms with van der Waals surface area (Å²) in [4.78, 5) is 15.2. The van der Waals surface area contributed by atoms with Crippen LogP contribution >= 0.6 is 0 Å². The molecule has 0 fully saturated rings. The van der Waals surface area contributed by atoms with Gasteiger partial charge in [0.05, 0.1) is 6.04 Å². The van der Waals surface area contributed by atoms with Gasteiger partial charge in [0.15, 0.2) is 6.29 Å². The van der Waals surface area contributed by atoms with Crippen LogP contribution < -0.4 is 11.3 Å². The van der Waals surface area contributed by atoms with E-state index in [-0.39, 0.29) is 11.9 Å². The summed E-state index contributed by atoms with van der Waals surface area (Å²) in [5.41, 5.74) is 3.79. The molecule has 1 amide bonds. The fraction of sp³-hybridized carbons (Fsp3) is 0.542. The number of rotatable bonds is 14. The lowest BCUT2D eigenvalue weighted by atomic mass is 10.0. The van der Waals surface area contributed by atoms with E-state index in [2.05, 4.69) is 29.7 Å². The molecular weight excluding hydrogens is 378 g/mol. The summed E-state index contributed by atoms with van der Waals surface area (Å²) in [7, 11) is 0. The third-order valence-corrected chi connectivity index (χ3v) is 5.30. The number of hydrogen-bond donors (Lipinski definition) is 2. The first-order valence-corrected chi connectivity index (χ1v) is 11.0. The van der Waals surface area contributed by atoms with E-state index in [1.54, 1.807) is 0 Å². The van der Waals surface area contributed by atoms with E-state index in [0.29, 0.717) is 26.2 Å². The third kappa shape index (κ3) is 7.06. The van der Waals surface area contributed by atoms with Crippen LogP contribution in [-0.2, 0) is 20.8 Å². The molecule has 166 valence electrons. The maximum atomic E-state index is 13.2. The molecule has 0 unspecified atom stereocenters. The summed E-state index contributed by atoms with van der Waals surface area (Å²) in [6.45, 7) is 8.28. The number of nitrogens with two attached hydrogens (primary N) is 1. The molecule has 6 nitrogen and oxygen atoms in total. The van der Waals surface area contributed by atoms with E-state index in [1.165, 1.54) is 10.8 Å². The van der Waals surface area contributed by atoms with E-state index in [0.717, 1.165) is 31.4 Å². The smallest absolute Gasteiger partial charge is 0.223 e. The summed E-state index contributed by atoms with van der Waals surface area (Å²) in [5.74, 6) is 5.45. The SMILES string of the molecule is CCOC(OCC)[C@H](C)N(Cc1cccc2ccccc12)C(=O)CCCCCNN. The zero-order chi connectivity index (χ0) is 21.8. The Balaban J connectivity index is 2.21. The lowest BCUT2D eigenvalue weighted by molar-refractivity contribution is -0.178. The molecule has 2 aromatic carbocycles. The van der Waals surface area contributed by atoms with Crippen molar-refractivity contribution >= 4 is 16.7 Å². The van der Waals surface area contributed by atoms with Gasteiger partial charge >= 0.3 is 0 Å². The highest BCUT2D eigenvalue weighted by Crippen LogP contribution is 2.23. The summed E-state index contributed by atoms with van der Waals surface area (Å²) in [6.07, 6.45) is 2.83. The Kier molecular flexibility index (Phi) is 10.8. The minimum absolute atomic E-state index is 0.126. The van der Waals surface area contributed by atoms with Crippen LogP contribution in [0.1, 0.15) is 52.0 Å². The molecule has 0 aliphatic heterocycles. The highest BCUT2D eigenvalue weighted by Gasteiger charge is 2.28. The molecule has 0 saturated carbocycles. The molecule has 0 aliphatic rings. The number of benzene rings is 2. The van der Waals surface area contributed by atoms with Crippen LogP contribution in [0.5, 0.6) is 0 Å². The number of carbonyl (C=O) groups excluding carboxylic acids is 1. The van der Waals surface area contributed by atoms with Crippen molar-refractivity contribution < 1.29 is 14.3 Å². The molecule has 0 aliphatic carbocycles. The maximum absolute atomic E-state index is 13.2. The van der Waals surface area contributed by atoms with Crippen LogP contribution in [-0.4, -0.2) is 42.9 Å². The van der Waals surface area contributed by atoms with Crippen molar-refractivity contribution in [1.82, 2.24) is 10.3 Å². The van der Waals surface area contributed by atoms with Gasteiger partial charge in [0.2, 0.25) is 5.91 Å². The van der Waals surface area contributed by atoms with Gasteiger partial charge in [-0.25, -0.2) is 0 Å². The number of unbranched alkanes of at least 4 members (excludes halogenated alkanes) is 2. The highest BCUT2D eigenvalue weighted by molar-refractivity contribution is 5.86. The summed E-state index contributed by atoms with van der Waals surface area (Å²) in [5, 5.41) is 2.35. The zero-order valence-electron chi connectivity index (χ0n) is 18.6. The van der Waals surface area contributed by atoms with Gasteiger partial charge in [-0.2, -0.15) is 0 Å². The Labute approximate surface area is 180 Å². The quantitative estimate of drug-likeness (QED) is 0.211. The Bertz CT molecular complexity index is 757. The number of nitrogens with one attached hydrogen (secondary N) is 1. The third-order valence-electron chi connectivity index (χ3n) is 5.30. The average Bonchev–Trinajstić information content (AvgIpc) is 2.76. The van der Waals surface area contributed by atoms with Gasteiger partial charge in [0.25, 0.3) is 0 Å². The van der Waals surface area contributed by atoms with Gasteiger partial charge < -0.3 is 14.4 Å². The molecule has 0 heterocycles. The number of ether oxygens (including phenoxy) is 2. The van der Waals surface area contributed by atoms with Crippen molar-refractivity contribution in [1.29, 1.82) is 0 Å².